The van der Waals surface area contributed by atoms with Crippen molar-refractivity contribution >= 4 is 0 Å². The van der Waals surface area contributed by atoms with Crippen LogP contribution < -0.4 is 5.32 Å². The van der Waals surface area contributed by atoms with Crippen LogP contribution >= 0.6 is 0 Å². The summed E-state index contributed by atoms with van der Waals surface area (Å²) in [5.74, 6) is 0. The minimum Gasteiger partial charge on any atom is -0.313 e. The third-order valence-electron chi connectivity index (χ3n) is 3.17. The summed E-state index contributed by atoms with van der Waals surface area (Å²) in [4.78, 5) is 2.59. The van der Waals surface area contributed by atoms with Crippen LogP contribution in [-0.2, 0) is 0 Å². The van der Waals surface area contributed by atoms with E-state index in [1.54, 1.807) is 0 Å². The summed E-state index contributed by atoms with van der Waals surface area (Å²) in [5.41, 5.74) is 0. The highest BCUT2D eigenvalue weighted by atomic mass is 15.1. The van der Waals surface area contributed by atoms with Gasteiger partial charge in [0, 0.05) is 12.6 Å². The van der Waals surface area contributed by atoms with Crippen LogP contribution in [-0.4, -0.2) is 37.1 Å². The first-order valence-electron chi connectivity index (χ1n) is 6.32. The molecule has 1 aliphatic heterocycles. The van der Waals surface area contributed by atoms with Crippen LogP contribution in [0, 0.1) is 0 Å². The van der Waals surface area contributed by atoms with Crippen LogP contribution in [0.4, 0.5) is 0 Å². The van der Waals surface area contributed by atoms with Gasteiger partial charge in [0.2, 0.25) is 0 Å². The summed E-state index contributed by atoms with van der Waals surface area (Å²) in [5, 5.41) is 3.62. The Kier molecular flexibility index (Phi) is 6.20. The molecule has 0 amide bonds. The lowest BCUT2D eigenvalue weighted by Crippen LogP contribution is -2.43. The van der Waals surface area contributed by atoms with Gasteiger partial charge in [0.15, 0.2) is 0 Å². The predicted octanol–water partition coefficient (Wildman–Crippen LogP) is 2.25. The highest BCUT2D eigenvalue weighted by molar-refractivity contribution is 4.75. The van der Waals surface area contributed by atoms with Gasteiger partial charge in [-0.2, -0.15) is 0 Å². The SMILES string of the molecule is CCCCN(CC)CC1CCCCN1. The summed E-state index contributed by atoms with van der Waals surface area (Å²) < 4.78 is 0. The van der Waals surface area contributed by atoms with E-state index in [0.29, 0.717) is 0 Å². The molecular weight excluding hydrogens is 172 g/mol. The van der Waals surface area contributed by atoms with Gasteiger partial charge in [-0.05, 0) is 38.9 Å². The Bertz CT molecular complexity index is 130. The largest absolute Gasteiger partial charge is 0.313 e. The van der Waals surface area contributed by atoms with Crippen LogP contribution in [0.3, 0.4) is 0 Å². The molecule has 84 valence electrons. The van der Waals surface area contributed by atoms with Gasteiger partial charge in [-0.25, -0.2) is 0 Å². The quantitative estimate of drug-likeness (QED) is 0.704. The van der Waals surface area contributed by atoms with Gasteiger partial charge in [0.1, 0.15) is 0 Å². The second kappa shape index (κ2) is 7.24. The zero-order chi connectivity index (χ0) is 10.2. The predicted molar refractivity (Wildman–Crippen MR) is 62.7 cm³/mol. The molecule has 0 aliphatic carbocycles. The van der Waals surface area contributed by atoms with E-state index < -0.39 is 0 Å². The molecule has 1 aliphatic rings. The van der Waals surface area contributed by atoms with Crippen LogP contribution in [0.2, 0.25) is 0 Å². The zero-order valence-electron chi connectivity index (χ0n) is 9.89. The number of unbranched alkanes of at least 4 members (excludes halogenated alkanes) is 1. The number of rotatable bonds is 6. The maximum absolute atomic E-state index is 3.62. The molecular formula is C12H26N2. The van der Waals surface area contributed by atoms with E-state index in [9.17, 15) is 0 Å². The summed E-state index contributed by atoms with van der Waals surface area (Å²) >= 11 is 0. The standard InChI is InChI=1S/C12H26N2/c1-3-5-10-14(4-2)11-12-8-6-7-9-13-12/h12-13H,3-11H2,1-2H3. The molecule has 0 spiro atoms. The molecule has 0 aromatic heterocycles. The van der Waals surface area contributed by atoms with Crippen LogP contribution in [0.5, 0.6) is 0 Å². The van der Waals surface area contributed by atoms with Crippen molar-refractivity contribution in [1.29, 1.82) is 0 Å². The maximum atomic E-state index is 3.62. The van der Waals surface area contributed by atoms with Crippen molar-refractivity contribution in [3.8, 4) is 0 Å². The molecule has 14 heavy (non-hydrogen) atoms. The Morgan fingerprint density at radius 1 is 1.29 bits per heavy atom. The summed E-state index contributed by atoms with van der Waals surface area (Å²) in [6.07, 6.45) is 6.83. The van der Waals surface area contributed by atoms with Crippen molar-refractivity contribution in [2.45, 2.75) is 52.0 Å². The van der Waals surface area contributed by atoms with E-state index >= 15 is 0 Å². The Labute approximate surface area is 89.1 Å². The molecule has 0 saturated carbocycles. The van der Waals surface area contributed by atoms with Crippen molar-refractivity contribution in [3.63, 3.8) is 0 Å². The minimum atomic E-state index is 0.764. The maximum Gasteiger partial charge on any atom is 0.0195 e. The van der Waals surface area contributed by atoms with Gasteiger partial charge in [0.05, 0.1) is 0 Å². The van der Waals surface area contributed by atoms with Gasteiger partial charge >= 0.3 is 0 Å². The Hall–Kier alpha value is -0.0800. The van der Waals surface area contributed by atoms with Crippen molar-refractivity contribution in [2.24, 2.45) is 0 Å². The summed E-state index contributed by atoms with van der Waals surface area (Å²) in [7, 11) is 0. The van der Waals surface area contributed by atoms with Crippen molar-refractivity contribution in [1.82, 2.24) is 10.2 Å². The third kappa shape index (κ3) is 4.43. The molecule has 1 N–H and O–H groups in total. The molecule has 2 heteroatoms. The van der Waals surface area contributed by atoms with Crippen LogP contribution in [0.25, 0.3) is 0 Å². The van der Waals surface area contributed by atoms with E-state index in [-0.39, 0.29) is 0 Å². The first-order valence-corrected chi connectivity index (χ1v) is 6.32. The van der Waals surface area contributed by atoms with E-state index in [0.717, 1.165) is 6.04 Å². The van der Waals surface area contributed by atoms with Crippen LogP contribution in [0.15, 0.2) is 0 Å². The molecule has 0 radical (unpaired) electrons. The lowest BCUT2D eigenvalue weighted by Gasteiger charge is -2.29. The van der Waals surface area contributed by atoms with Crippen molar-refractivity contribution < 1.29 is 0 Å². The molecule has 1 unspecified atom stereocenters. The Morgan fingerprint density at radius 2 is 2.14 bits per heavy atom. The molecule has 1 fully saturated rings. The molecule has 0 bridgehead atoms. The smallest absolute Gasteiger partial charge is 0.0195 e. The number of piperidine rings is 1. The van der Waals surface area contributed by atoms with Gasteiger partial charge in [-0.1, -0.05) is 26.7 Å². The second-order valence-corrected chi connectivity index (χ2v) is 4.39. The fourth-order valence-electron chi connectivity index (χ4n) is 2.15. The van der Waals surface area contributed by atoms with E-state index in [4.69, 9.17) is 0 Å². The molecule has 1 atom stereocenters. The normalized spacial score (nSPS) is 22.9. The lowest BCUT2D eigenvalue weighted by molar-refractivity contribution is 0.230. The Balaban J connectivity index is 2.16. The fraction of sp³-hybridized carbons (Fsp3) is 1.00. The second-order valence-electron chi connectivity index (χ2n) is 4.39. The topological polar surface area (TPSA) is 15.3 Å². The van der Waals surface area contributed by atoms with Crippen molar-refractivity contribution in [3.05, 3.63) is 0 Å². The number of hydrogen-bond donors (Lipinski definition) is 1. The Morgan fingerprint density at radius 3 is 2.71 bits per heavy atom. The molecule has 2 nitrogen and oxygen atoms in total. The summed E-state index contributed by atoms with van der Waals surface area (Å²) in [6, 6.07) is 0.764. The van der Waals surface area contributed by atoms with Gasteiger partial charge in [0.25, 0.3) is 0 Å². The number of nitrogens with one attached hydrogen (secondary N) is 1. The first-order chi connectivity index (χ1) is 6.86. The molecule has 0 aromatic rings. The monoisotopic (exact) mass is 198 g/mol. The average Bonchev–Trinajstić information content (AvgIpc) is 2.25. The minimum absolute atomic E-state index is 0.764. The average molecular weight is 198 g/mol. The molecule has 0 aromatic carbocycles. The lowest BCUT2D eigenvalue weighted by atomic mass is 10.0. The van der Waals surface area contributed by atoms with E-state index in [2.05, 4.69) is 24.1 Å². The molecule has 1 saturated heterocycles. The third-order valence-corrected chi connectivity index (χ3v) is 3.17. The number of hydrogen-bond acceptors (Lipinski definition) is 2. The molecule has 1 heterocycles. The summed E-state index contributed by atoms with van der Waals surface area (Å²) in [6.45, 7) is 9.53. The van der Waals surface area contributed by atoms with Gasteiger partial charge < -0.3 is 10.2 Å². The number of nitrogens with zero attached hydrogens (tertiary/aromatic N) is 1. The van der Waals surface area contributed by atoms with Gasteiger partial charge in [-0.3, -0.25) is 0 Å². The number of likely N-dealkylation sites (N-methyl/N-ethyl adjacent to an activating group) is 1. The first kappa shape index (κ1) is 12.0. The molecule has 1 rings (SSSR count). The van der Waals surface area contributed by atoms with Crippen molar-refractivity contribution in [2.75, 3.05) is 26.2 Å². The highest BCUT2D eigenvalue weighted by Gasteiger charge is 2.14. The highest BCUT2D eigenvalue weighted by Crippen LogP contribution is 2.08. The van der Waals surface area contributed by atoms with E-state index in [1.807, 2.05) is 0 Å². The zero-order valence-corrected chi connectivity index (χ0v) is 9.89. The fourth-order valence-corrected chi connectivity index (χ4v) is 2.15. The van der Waals surface area contributed by atoms with Crippen LogP contribution in [0.1, 0.15) is 46.0 Å². The van der Waals surface area contributed by atoms with E-state index in [1.165, 1.54) is 58.3 Å². The van der Waals surface area contributed by atoms with Gasteiger partial charge in [-0.15, -0.1) is 0 Å².